The summed E-state index contributed by atoms with van der Waals surface area (Å²) in [6.07, 6.45) is 4.43. The summed E-state index contributed by atoms with van der Waals surface area (Å²) in [6.45, 7) is 0. The molecule has 0 saturated heterocycles. The fourth-order valence-corrected chi connectivity index (χ4v) is 0.635. The molecular formula is C8H10N4O. The lowest BCUT2D eigenvalue weighted by Crippen LogP contribution is -2.10. The molecule has 1 aromatic heterocycles. The first kappa shape index (κ1) is 9.31. The van der Waals surface area contributed by atoms with E-state index >= 15 is 0 Å². The number of rotatable bonds is 2. The van der Waals surface area contributed by atoms with E-state index in [4.69, 9.17) is 0 Å². The van der Waals surface area contributed by atoms with Crippen molar-refractivity contribution >= 4 is 12.2 Å². The van der Waals surface area contributed by atoms with E-state index in [0.29, 0.717) is 0 Å². The monoisotopic (exact) mass is 178 g/mol. The van der Waals surface area contributed by atoms with Crippen LogP contribution >= 0.6 is 0 Å². The van der Waals surface area contributed by atoms with E-state index < -0.39 is 5.91 Å². The van der Waals surface area contributed by atoms with Gasteiger partial charge in [-0.3, -0.25) is 4.79 Å². The highest BCUT2D eigenvalue weighted by molar-refractivity contribution is 5.95. The fourth-order valence-electron chi connectivity index (χ4n) is 0.635. The van der Waals surface area contributed by atoms with Gasteiger partial charge in [-0.15, -0.1) is 0 Å². The molecule has 13 heavy (non-hydrogen) atoms. The molecule has 5 heteroatoms. The average Bonchev–Trinajstić information content (AvgIpc) is 2.15. The van der Waals surface area contributed by atoms with Crippen LogP contribution in [0.25, 0.3) is 0 Å². The van der Waals surface area contributed by atoms with Crippen LogP contribution in [0.5, 0.6) is 0 Å². The van der Waals surface area contributed by atoms with Gasteiger partial charge in [0.15, 0.2) is 0 Å². The molecule has 0 aromatic carbocycles. The van der Waals surface area contributed by atoms with E-state index in [9.17, 15) is 4.79 Å². The van der Waals surface area contributed by atoms with Crippen LogP contribution < -0.4 is 0 Å². The molecular weight excluding hydrogens is 168 g/mol. The molecule has 68 valence electrons. The largest absolute Gasteiger partial charge is 0.369 e. The minimum Gasteiger partial charge on any atom is -0.369 e. The standard InChI is InChI=1S/C8H10N4O/c1-12(2)6-11-8(13)7-9-4-3-5-10-7/h3-6H,1-2H3. The van der Waals surface area contributed by atoms with Crippen molar-refractivity contribution < 1.29 is 4.79 Å². The number of aromatic nitrogens is 2. The van der Waals surface area contributed by atoms with Crippen molar-refractivity contribution in [3.63, 3.8) is 0 Å². The number of nitrogens with zero attached hydrogens (tertiary/aromatic N) is 4. The molecule has 1 rings (SSSR count). The number of aliphatic imine (C=N–C) groups is 1. The lowest BCUT2D eigenvalue weighted by atomic mass is 10.5. The van der Waals surface area contributed by atoms with Gasteiger partial charge in [-0.2, -0.15) is 4.99 Å². The Labute approximate surface area is 76.1 Å². The summed E-state index contributed by atoms with van der Waals surface area (Å²) in [5.74, 6) is -0.324. The van der Waals surface area contributed by atoms with Crippen molar-refractivity contribution in [3.8, 4) is 0 Å². The molecule has 0 aliphatic heterocycles. The molecule has 0 bridgehead atoms. The van der Waals surface area contributed by atoms with E-state index in [2.05, 4.69) is 15.0 Å². The molecule has 0 saturated carbocycles. The van der Waals surface area contributed by atoms with Crippen molar-refractivity contribution in [1.82, 2.24) is 14.9 Å². The quantitative estimate of drug-likeness (QED) is 0.479. The molecule has 1 amide bonds. The van der Waals surface area contributed by atoms with Gasteiger partial charge >= 0.3 is 5.91 Å². The third-order valence-corrected chi connectivity index (χ3v) is 1.16. The Hall–Kier alpha value is -1.78. The summed E-state index contributed by atoms with van der Waals surface area (Å²) < 4.78 is 0. The fraction of sp³-hybridized carbons (Fsp3) is 0.250. The maximum atomic E-state index is 11.2. The Morgan fingerprint density at radius 1 is 1.46 bits per heavy atom. The van der Waals surface area contributed by atoms with Crippen molar-refractivity contribution in [1.29, 1.82) is 0 Å². The minimum absolute atomic E-state index is 0.112. The van der Waals surface area contributed by atoms with E-state index in [0.717, 1.165) is 0 Å². The van der Waals surface area contributed by atoms with Crippen molar-refractivity contribution in [3.05, 3.63) is 24.3 Å². The highest BCUT2D eigenvalue weighted by Crippen LogP contribution is 1.90. The van der Waals surface area contributed by atoms with Crippen molar-refractivity contribution in [2.24, 2.45) is 4.99 Å². The van der Waals surface area contributed by atoms with Crippen molar-refractivity contribution in [2.45, 2.75) is 0 Å². The Kier molecular flexibility index (Phi) is 3.08. The van der Waals surface area contributed by atoms with Gasteiger partial charge in [0, 0.05) is 26.5 Å². The predicted molar refractivity (Wildman–Crippen MR) is 48.5 cm³/mol. The molecule has 0 N–H and O–H groups in total. The highest BCUT2D eigenvalue weighted by atomic mass is 16.1. The van der Waals surface area contributed by atoms with Gasteiger partial charge < -0.3 is 4.90 Å². The summed E-state index contributed by atoms with van der Waals surface area (Å²) in [4.78, 5) is 24.0. The van der Waals surface area contributed by atoms with Crippen LogP contribution in [0.15, 0.2) is 23.5 Å². The summed E-state index contributed by atoms with van der Waals surface area (Å²) in [6, 6.07) is 1.65. The van der Waals surface area contributed by atoms with E-state index in [1.54, 1.807) is 25.1 Å². The van der Waals surface area contributed by atoms with Gasteiger partial charge in [-0.25, -0.2) is 9.97 Å². The zero-order valence-electron chi connectivity index (χ0n) is 7.51. The Morgan fingerprint density at radius 2 is 2.08 bits per heavy atom. The molecule has 0 spiro atoms. The molecule has 0 aliphatic carbocycles. The van der Waals surface area contributed by atoms with Crippen LogP contribution in [0.4, 0.5) is 0 Å². The first-order valence-electron chi connectivity index (χ1n) is 3.72. The van der Waals surface area contributed by atoms with Crippen LogP contribution in [-0.4, -0.2) is 41.2 Å². The van der Waals surface area contributed by atoms with Gasteiger partial charge in [0.1, 0.15) is 0 Å². The molecule has 5 nitrogen and oxygen atoms in total. The Bertz CT molecular complexity index is 307. The second kappa shape index (κ2) is 4.30. The lowest BCUT2D eigenvalue weighted by Gasteiger charge is -2.00. The van der Waals surface area contributed by atoms with Gasteiger partial charge in [0.2, 0.25) is 5.82 Å². The van der Waals surface area contributed by atoms with Crippen LogP contribution in [0, 0.1) is 0 Å². The first-order valence-corrected chi connectivity index (χ1v) is 3.72. The van der Waals surface area contributed by atoms with Gasteiger partial charge in [0.05, 0.1) is 6.34 Å². The van der Waals surface area contributed by atoms with Gasteiger partial charge in [-0.1, -0.05) is 0 Å². The average molecular weight is 178 g/mol. The SMILES string of the molecule is CN(C)C=NC(=O)c1ncccn1. The number of amides is 1. The zero-order chi connectivity index (χ0) is 9.68. The molecule has 0 radical (unpaired) electrons. The molecule has 0 fully saturated rings. The molecule has 0 unspecified atom stereocenters. The smallest absolute Gasteiger partial charge is 0.316 e. The summed E-state index contributed by atoms with van der Waals surface area (Å²) in [7, 11) is 3.56. The van der Waals surface area contributed by atoms with Crippen LogP contribution in [0.1, 0.15) is 10.6 Å². The van der Waals surface area contributed by atoms with E-state index in [1.807, 2.05) is 0 Å². The lowest BCUT2D eigenvalue weighted by molar-refractivity contribution is 0.0992. The normalized spacial score (nSPS) is 10.3. The third-order valence-electron chi connectivity index (χ3n) is 1.16. The van der Waals surface area contributed by atoms with E-state index in [1.165, 1.54) is 18.7 Å². The maximum Gasteiger partial charge on any atom is 0.316 e. The number of hydrogen-bond acceptors (Lipinski definition) is 3. The summed E-state index contributed by atoms with van der Waals surface area (Å²) >= 11 is 0. The molecule has 1 heterocycles. The van der Waals surface area contributed by atoms with Crippen molar-refractivity contribution in [2.75, 3.05) is 14.1 Å². The Morgan fingerprint density at radius 3 is 2.62 bits per heavy atom. The Balaban J connectivity index is 2.70. The van der Waals surface area contributed by atoms with Crippen LogP contribution in [-0.2, 0) is 0 Å². The second-order valence-corrected chi connectivity index (χ2v) is 2.59. The summed E-state index contributed by atoms with van der Waals surface area (Å²) in [5, 5.41) is 0. The second-order valence-electron chi connectivity index (χ2n) is 2.59. The zero-order valence-corrected chi connectivity index (χ0v) is 7.51. The molecule has 0 atom stereocenters. The predicted octanol–water partition coefficient (Wildman–Crippen LogP) is 0.207. The van der Waals surface area contributed by atoms with Gasteiger partial charge in [-0.05, 0) is 6.07 Å². The minimum atomic E-state index is -0.436. The number of hydrogen-bond donors (Lipinski definition) is 0. The maximum absolute atomic E-state index is 11.2. The molecule has 0 aliphatic rings. The van der Waals surface area contributed by atoms with Crippen LogP contribution in [0.2, 0.25) is 0 Å². The van der Waals surface area contributed by atoms with Gasteiger partial charge in [0.25, 0.3) is 0 Å². The topological polar surface area (TPSA) is 58.5 Å². The summed E-state index contributed by atoms with van der Waals surface area (Å²) in [5.41, 5.74) is 0. The van der Waals surface area contributed by atoms with E-state index in [-0.39, 0.29) is 5.82 Å². The molecule has 1 aromatic rings. The van der Waals surface area contributed by atoms with Crippen LogP contribution in [0.3, 0.4) is 0 Å². The first-order chi connectivity index (χ1) is 6.20. The highest BCUT2D eigenvalue weighted by Gasteiger charge is 2.04. The number of carbonyl (C=O) groups is 1. The third kappa shape index (κ3) is 2.98. The number of carbonyl (C=O) groups excluding carboxylic acids is 1.